The largest absolute Gasteiger partial charge is 0.356 e. The first-order chi connectivity index (χ1) is 16.9. The maximum absolute atomic E-state index is 13.4. The summed E-state index contributed by atoms with van der Waals surface area (Å²) >= 11 is 5.90. The Bertz CT molecular complexity index is 1460. The summed E-state index contributed by atoms with van der Waals surface area (Å²) in [6.45, 7) is 3.07. The fraction of sp³-hybridized carbons (Fsp3) is 0.250. The van der Waals surface area contributed by atoms with Crippen LogP contribution in [0.3, 0.4) is 0 Å². The van der Waals surface area contributed by atoms with Crippen LogP contribution in [-0.4, -0.2) is 21.6 Å². The van der Waals surface area contributed by atoms with Gasteiger partial charge in [-0.2, -0.15) is 0 Å². The number of benzene rings is 3. The molecule has 1 aromatic heterocycles. The summed E-state index contributed by atoms with van der Waals surface area (Å²) in [4.78, 5) is 38.8. The Morgan fingerprint density at radius 1 is 0.914 bits per heavy atom. The number of hydrogen-bond acceptors (Lipinski definition) is 3. The van der Waals surface area contributed by atoms with Gasteiger partial charge in [-0.05, 0) is 60.7 Å². The van der Waals surface area contributed by atoms with Crippen molar-refractivity contribution < 1.29 is 4.79 Å². The minimum absolute atomic E-state index is 0.104. The molecule has 35 heavy (non-hydrogen) atoms. The van der Waals surface area contributed by atoms with Crippen LogP contribution < -0.4 is 16.6 Å². The van der Waals surface area contributed by atoms with Gasteiger partial charge in [0.25, 0.3) is 5.56 Å². The molecule has 7 heteroatoms. The second-order valence-electron chi connectivity index (χ2n) is 8.60. The van der Waals surface area contributed by atoms with Gasteiger partial charge in [0.05, 0.1) is 17.4 Å². The van der Waals surface area contributed by atoms with Gasteiger partial charge in [0.1, 0.15) is 0 Å². The Hall–Kier alpha value is -3.64. The highest BCUT2D eigenvalue weighted by molar-refractivity contribution is 6.30. The standard InChI is InChI=1S/C28H28ClN3O3/c1-20-7-2-3-8-22(20)19-32-25-10-5-4-9-24(25)27(34)31(28(32)35)18-6-11-26(33)30-17-16-21-12-14-23(29)15-13-21/h2-5,7-10,12-15H,6,11,16-19H2,1H3,(H,30,33). The number of para-hydroxylation sites is 1. The van der Waals surface area contributed by atoms with Crippen molar-refractivity contribution in [3.05, 3.63) is 115 Å². The van der Waals surface area contributed by atoms with Crippen LogP contribution in [0.25, 0.3) is 10.9 Å². The van der Waals surface area contributed by atoms with E-state index in [-0.39, 0.29) is 30.1 Å². The maximum Gasteiger partial charge on any atom is 0.331 e. The molecule has 0 spiro atoms. The lowest BCUT2D eigenvalue weighted by Crippen LogP contribution is -2.40. The highest BCUT2D eigenvalue weighted by atomic mass is 35.5. The molecular formula is C28H28ClN3O3. The van der Waals surface area contributed by atoms with Crippen LogP contribution in [0, 0.1) is 6.92 Å². The second kappa shape index (κ2) is 11.2. The highest BCUT2D eigenvalue weighted by Gasteiger charge is 2.14. The molecule has 0 saturated heterocycles. The maximum atomic E-state index is 13.4. The number of aryl methyl sites for hydroxylation is 1. The third-order valence-electron chi connectivity index (χ3n) is 6.16. The summed E-state index contributed by atoms with van der Waals surface area (Å²) in [5, 5.41) is 4.07. The lowest BCUT2D eigenvalue weighted by atomic mass is 10.1. The fourth-order valence-electron chi connectivity index (χ4n) is 4.16. The molecular weight excluding hydrogens is 462 g/mol. The zero-order valence-electron chi connectivity index (χ0n) is 19.7. The number of amides is 1. The van der Waals surface area contributed by atoms with E-state index in [2.05, 4.69) is 5.32 Å². The molecule has 4 aromatic rings. The molecule has 0 fully saturated rings. The van der Waals surface area contributed by atoms with Gasteiger partial charge < -0.3 is 5.32 Å². The van der Waals surface area contributed by atoms with Gasteiger partial charge in [0.15, 0.2) is 0 Å². The number of rotatable bonds is 9. The Morgan fingerprint density at radius 3 is 2.40 bits per heavy atom. The zero-order chi connectivity index (χ0) is 24.8. The molecule has 6 nitrogen and oxygen atoms in total. The number of nitrogens with zero attached hydrogens (tertiary/aromatic N) is 2. The van der Waals surface area contributed by atoms with Crippen LogP contribution in [0.1, 0.15) is 29.5 Å². The first-order valence-corrected chi connectivity index (χ1v) is 12.1. The van der Waals surface area contributed by atoms with E-state index in [1.807, 2.05) is 61.5 Å². The Labute approximate surface area is 208 Å². The fourth-order valence-corrected chi connectivity index (χ4v) is 4.29. The summed E-state index contributed by atoms with van der Waals surface area (Å²) in [7, 11) is 0. The van der Waals surface area contributed by atoms with Gasteiger partial charge >= 0.3 is 5.69 Å². The number of hydrogen-bond donors (Lipinski definition) is 1. The Morgan fingerprint density at radius 2 is 1.63 bits per heavy atom. The van der Waals surface area contributed by atoms with Crippen molar-refractivity contribution in [2.24, 2.45) is 0 Å². The van der Waals surface area contributed by atoms with Crippen molar-refractivity contribution in [2.75, 3.05) is 6.54 Å². The first-order valence-electron chi connectivity index (χ1n) is 11.7. The number of nitrogens with one attached hydrogen (secondary N) is 1. The third kappa shape index (κ3) is 5.89. The van der Waals surface area contributed by atoms with E-state index < -0.39 is 0 Å². The number of aromatic nitrogens is 2. The average molecular weight is 490 g/mol. The topological polar surface area (TPSA) is 73.1 Å². The van der Waals surface area contributed by atoms with Crippen LogP contribution in [0.2, 0.25) is 5.02 Å². The molecule has 0 radical (unpaired) electrons. The summed E-state index contributed by atoms with van der Waals surface area (Å²) in [6, 6.07) is 22.6. The smallest absolute Gasteiger partial charge is 0.331 e. The van der Waals surface area contributed by atoms with E-state index in [1.165, 1.54) is 4.57 Å². The van der Waals surface area contributed by atoms with Crippen molar-refractivity contribution >= 4 is 28.4 Å². The first kappa shape index (κ1) is 24.5. The molecule has 1 N–H and O–H groups in total. The molecule has 4 rings (SSSR count). The summed E-state index contributed by atoms with van der Waals surface area (Å²) < 4.78 is 2.90. The normalized spacial score (nSPS) is 11.0. The average Bonchev–Trinajstić information content (AvgIpc) is 2.86. The zero-order valence-corrected chi connectivity index (χ0v) is 20.4. The molecule has 180 valence electrons. The summed E-state index contributed by atoms with van der Waals surface area (Å²) in [5.41, 5.74) is 3.12. The molecule has 1 heterocycles. The van der Waals surface area contributed by atoms with Crippen molar-refractivity contribution in [2.45, 2.75) is 39.3 Å². The monoisotopic (exact) mass is 489 g/mol. The van der Waals surface area contributed by atoms with E-state index in [0.29, 0.717) is 41.9 Å². The lowest BCUT2D eigenvalue weighted by Gasteiger charge is -2.15. The minimum atomic E-state index is -0.361. The van der Waals surface area contributed by atoms with Crippen LogP contribution in [-0.2, 0) is 24.3 Å². The summed E-state index contributed by atoms with van der Waals surface area (Å²) in [6.07, 6.45) is 1.33. The number of carbonyl (C=O) groups is 1. The summed E-state index contributed by atoms with van der Waals surface area (Å²) in [5.74, 6) is -0.104. The van der Waals surface area contributed by atoms with Crippen LogP contribution >= 0.6 is 11.6 Å². The molecule has 0 aliphatic heterocycles. The van der Waals surface area contributed by atoms with Crippen molar-refractivity contribution in [1.29, 1.82) is 0 Å². The molecule has 0 atom stereocenters. The molecule has 0 aliphatic rings. The third-order valence-corrected chi connectivity index (χ3v) is 6.41. The lowest BCUT2D eigenvalue weighted by molar-refractivity contribution is -0.121. The number of carbonyl (C=O) groups excluding carboxylic acids is 1. The Balaban J connectivity index is 1.45. The van der Waals surface area contributed by atoms with Crippen molar-refractivity contribution in [3.8, 4) is 0 Å². The molecule has 3 aromatic carbocycles. The van der Waals surface area contributed by atoms with Gasteiger partial charge in [0.2, 0.25) is 5.91 Å². The van der Waals surface area contributed by atoms with E-state index in [9.17, 15) is 14.4 Å². The number of fused-ring (bicyclic) bond motifs is 1. The molecule has 0 unspecified atom stereocenters. The van der Waals surface area contributed by atoms with Gasteiger partial charge in [-0.3, -0.25) is 18.7 Å². The number of halogens is 1. The van der Waals surface area contributed by atoms with Crippen LogP contribution in [0.5, 0.6) is 0 Å². The SMILES string of the molecule is Cc1ccccc1Cn1c(=O)n(CCCC(=O)NCCc2ccc(Cl)cc2)c(=O)c2ccccc21. The molecule has 0 bridgehead atoms. The van der Waals surface area contributed by atoms with Crippen molar-refractivity contribution in [3.63, 3.8) is 0 Å². The molecule has 0 aliphatic carbocycles. The van der Waals surface area contributed by atoms with Crippen molar-refractivity contribution in [1.82, 2.24) is 14.5 Å². The van der Waals surface area contributed by atoms with Gasteiger partial charge in [-0.15, -0.1) is 0 Å². The van der Waals surface area contributed by atoms with Crippen LogP contribution in [0.4, 0.5) is 0 Å². The highest BCUT2D eigenvalue weighted by Crippen LogP contribution is 2.13. The second-order valence-corrected chi connectivity index (χ2v) is 9.04. The predicted molar refractivity (Wildman–Crippen MR) is 140 cm³/mol. The minimum Gasteiger partial charge on any atom is -0.356 e. The van der Waals surface area contributed by atoms with Gasteiger partial charge in [0, 0.05) is 24.5 Å². The van der Waals surface area contributed by atoms with E-state index in [0.717, 1.165) is 16.7 Å². The van der Waals surface area contributed by atoms with Gasteiger partial charge in [-0.25, -0.2) is 4.79 Å². The Kier molecular flexibility index (Phi) is 7.83. The van der Waals surface area contributed by atoms with E-state index >= 15 is 0 Å². The predicted octanol–water partition coefficient (Wildman–Crippen LogP) is 4.31. The quantitative estimate of drug-likeness (QED) is 0.380. The van der Waals surface area contributed by atoms with E-state index in [4.69, 9.17) is 11.6 Å². The van der Waals surface area contributed by atoms with Gasteiger partial charge in [-0.1, -0.05) is 60.1 Å². The van der Waals surface area contributed by atoms with Crippen LogP contribution in [0.15, 0.2) is 82.4 Å². The molecule has 1 amide bonds. The molecule has 0 saturated carbocycles. The van der Waals surface area contributed by atoms with E-state index in [1.54, 1.807) is 22.8 Å².